The Labute approximate surface area is 175 Å². The van der Waals surface area contributed by atoms with Gasteiger partial charge in [-0.15, -0.1) is 0 Å². The zero-order valence-electron chi connectivity index (χ0n) is 17.1. The number of hydrogen-bond acceptors (Lipinski definition) is 4. The normalized spacial score (nSPS) is 16.1. The van der Waals surface area contributed by atoms with Gasteiger partial charge in [0.2, 0.25) is 0 Å². The molecule has 1 atom stereocenters. The summed E-state index contributed by atoms with van der Waals surface area (Å²) in [6.07, 6.45) is 5.44. The number of carbonyl (C=O) groups is 1. The lowest BCUT2D eigenvalue weighted by Crippen LogP contribution is -2.33. The molecule has 4 rings (SSSR count). The second-order valence-corrected chi connectivity index (χ2v) is 7.15. The average Bonchev–Trinajstić information content (AvgIpc) is 3.30. The van der Waals surface area contributed by atoms with Crippen molar-refractivity contribution >= 4 is 17.9 Å². The largest absolute Gasteiger partial charge is 0.495 e. The lowest BCUT2D eigenvalue weighted by atomic mass is 10.1. The van der Waals surface area contributed by atoms with Crippen LogP contribution in [-0.2, 0) is 0 Å². The molecule has 1 fully saturated rings. The van der Waals surface area contributed by atoms with E-state index in [0.29, 0.717) is 11.4 Å². The van der Waals surface area contributed by atoms with Gasteiger partial charge < -0.3 is 14.6 Å². The van der Waals surface area contributed by atoms with Crippen molar-refractivity contribution in [3.05, 3.63) is 83.6 Å². The van der Waals surface area contributed by atoms with E-state index in [9.17, 15) is 4.79 Å². The van der Waals surface area contributed by atoms with E-state index in [-0.39, 0.29) is 17.9 Å². The average molecular weight is 401 g/mol. The molecule has 1 aromatic heterocycles. The summed E-state index contributed by atoms with van der Waals surface area (Å²) in [7, 11) is 1.61. The van der Waals surface area contributed by atoms with Crippen LogP contribution >= 0.6 is 0 Å². The smallest absolute Gasteiger partial charge is 0.328 e. The fourth-order valence-electron chi connectivity index (χ4n) is 3.54. The van der Waals surface area contributed by atoms with Crippen LogP contribution in [0.5, 0.6) is 5.75 Å². The highest BCUT2D eigenvalue weighted by Crippen LogP contribution is 2.28. The minimum Gasteiger partial charge on any atom is -0.495 e. The fraction of sp³-hybridized carbons (Fsp3) is 0.174. The van der Waals surface area contributed by atoms with Crippen LogP contribution in [-0.4, -0.2) is 33.4 Å². The van der Waals surface area contributed by atoms with Crippen LogP contribution in [0.4, 0.5) is 4.79 Å². The van der Waals surface area contributed by atoms with Gasteiger partial charge in [0.05, 0.1) is 36.6 Å². The van der Waals surface area contributed by atoms with Crippen molar-refractivity contribution in [3.8, 4) is 11.4 Å². The Morgan fingerprint density at radius 2 is 1.97 bits per heavy atom. The molecule has 7 heteroatoms. The predicted molar refractivity (Wildman–Crippen MR) is 116 cm³/mol. The molecule has 1 aliphatic heterocycles. The number of aryl methyl sites for hydroxylation is 1. The number of methoxy groups -OCH3 is 1. The lowest BCUT2D eigenvalue weighted by Gasteiger charge is -2.22. The first-order valence-corrected chi connectivity index (χ1v) is 9.62. The topological polar surface area (TPSA) is 83.2 Å². The molecule has 0 spiro atoms. The number of urea groups is 1. The summed E-state index contributed by atoms with van der Waals surface area (Å²) in [5, 5.41) is 11.3. The van der Waals surface area contributed by atoms with E-state index < -0.39 is 0 Å². The van der Waals surface area contributed by atoms with Crippen LogP contribution in [0.25, 0.3) is 11.8 Å². The Bertz CT molecular complexity index is 1130. The van der Waals surface area contributed by atoms with Crippen molar-refractivity contribution in [2.45, 2.75) is 19.9 Å². The predicted octanol–water partition coefficient (Wildman–Crippen LogP) is 4.29. The third-order valence-corrected chi connectivity index (χ3v) is 5.13. The Balaban J connectivity index is 1.62. The molecule has 7 nitrogen and oxygen atoms in total. The van der Waals surface area contributed by atoms with Crippen LogP contribution in [0, 0.1) is 12.3 Å². The number of nitrogens with zero attached hydrogens (tertiary/aromatic N) is 3. The molecule has 152 valence electrons. The summed E-state index contributed by atoms with van der Waals surface area (Å²) < 4.78 is 7.45. The van der Waals surface area contributed by atoms with Gasteiger partial charge in [-0.05, 0) is 43.2 Å². The Morgan fingerprint density at radius 1 is 1.20 bits per heavy atom. The zero-order chi connectivity index (χ0) is 21.3. The first-order valence-electron chi connectivity index (χ1n) is 9.62. The van der Waals surface area contributed by atoms with Gasteiger partial charge in [0.25, 0.3) is 0 Å². The molecule has 1 saturated heterocycles. The molecule has 30 heavy (non-hydrogen) atoms. The number of hydrogen-bond donors (Lipinski definition) is 2. The monoisotopic (exact) mass is 401 g/mol. The van der Waals surface area contributed by atoms with Gasteiger partial charge in [-0.2, -0.15) is 0 Å². The number of aromatic nitrogens is 2. The van der Waals surface area contributed by atoms with Gasteiger partial charge in [-0.1, -0.05) is 36.4 Å². The highest BCUT2D eigenvalue weighted by atomic mass is 16.5. The van der Waals surface area contributed by atoms with Crippen molar-refractivity contribution in [1.29, 1.82) is 5.41 Å². The molecule has 2 heterocycles. The molecular weight excluding hydrogens is 378 g/mol. The molecule has 0 saturated carbocycles. The van der Waals surface area contributed by atoms with Crippen LogP contribution < -0.4 is 10.1 Å². The summed E-state index contributed by atoms with van der Waals surface area (Å²) >= 11 is 0. The van der Waals surface area contributed by atoms with Gasteiger partial charge in [-0.25, -0.2) is 9.78 Å². The van der Waals surface area contributed by atoms with Gasteiger partial charge in [0.1, 0.15) is 5.75 Å². The molecule has 0 aliphatic carbocycles. The molecule has 1 unspecified atom stereocenters. The second-order valence-electron chi connectivity index (χ2n) is 7.15. The van der Waals surface area contributed by atoms with Crippen LogP contribution in [0.3, 0.4) is 0 Å². The number of ether oxygens (including phenoxy) is 1. The molecule has 2 N–H and O–H groups in total. The van der Waals surface area contributed by atoms with E-state index in [0.717, 1.165) is 22.5 Å². The number of imidazole rings is 1. The highest BCUT2D eigenvalue weighted by Gasteiger charge is 2.34. The third-order valence-electron chi connectivity index (χ3n) is 5.13. The first kappa shape index (κ1) is 19.4. The number of amidine groups is 1. The number of carbonyl (C=O) groups excluding carboxylic acids is 1. The van der Waals surface area contributed by atoms with E-state index in [2.05, 4.69) is 10.3 Å². The second kappa shape index (κ2) is 7.87. The number of nitrogens with one attached hydrogen (secondary N) is 2. The lowest BCUT2D eigenvalue weighted by molar-refractivity contribution is 0.220. The van der Waals surface area contributed by atoms with Crippen LogP contribution in [0.2, 0.25) is 0 Å². The quantitative estimate of drug-likeness (QED) is 0.669. The maximum atomic E-state index is 12.6. The highest BCUT2D eigenvalue weighted by molar-refractivity contribution is 6.15. The first-order chi connectivity index (χ1) is 14.5. The van der Waals surface area contributed by atoms with Crippen LogP contribution in [0.1, 0.15) is 29.8 Å². The molecule has 3 aromatic rings. The van der Waals surface area contributed by atoms with Gasteiger partial charge in [-0.3, -0.25) is 10.3 Å². The molecule has 0 radical (unpaired) electrons. The summed E-state index contributed by atoms with van der Waals surface area (Å²) in [5.74, 6) is 0.816. The number of amides is 2. The number of rotatable bonds is 5. The minimum absolute atomic E-state index is 0.143. The summed E-state index contributed by atoms with van der Waals surface area (Å²) in [4.78, 5) is 18.3. The maximum Gasteiger partial charge on any atom is 0.328 e. The van der Waals surface area contributed by atoms with Crippen molar-refractivity contribution in [1.82, 2.24) is 19.8 Å². The van der Waals surface area contributed by atoms with Gasteiger partial charge >= 0.3 is 6.03 Å². The van der Waals surface area contributed by atoms with Crippen molar-refractivity contribution in [2.75, 3.05) is 7.11 Å². The summed E-state index contributed by atoms with van der Waals surface area (Å²) in [6.45, 7) is 3.84. The van der Waals surface area contributed by atoms with E-state index >= 15 is 0 Å². The maximum absolute atomic E-state index is 12.6. The zero-order valence-corrected chi connectivity index (χ0v) is 17.1. The number of benzene rings is 2. The van der Waals surface area contributed by atoms with E-state index in [1.54, 1.807) is 19.5 Å². The summed E-state index contributed by atoms with van der Waals surface area (Å²) in [5.41, 5.74) is 4.03. The van der Waals surface area contributed by atoms with Gasteiger partial charge in [0.15, 0.2) is 5.84 Å². The minimum atomic E-state index is -0.305. The molecule has 1 aliphatic rings. The van der Waals surface area contributed by atoms with E-state index in [1.807, 2.05) is 73.1 Å². The molecular formula is C23H23N5O2. The van der Waals surface area contributed by atoms with E-state index in [4.69, 9.17) is 10.1 Å². The van der Waals surface area contributed by atoms with Crippen molar-refractivity contribution in [3.63, 3.8) is 0 Å². The third kappa shape index (κ3) is 3.57. The molecule has 0 bridgehead atoms. The Hall–Kier alpha value is -3.87. The summed E-state index contributed by atoms with van der Waals surface area (Å²) in [6, 6.07) is 14.9. The van der Waals surface area contributed by atoms with Gasteiger partial charge in [0, 0.05) is 6.20 Å². The fourth-order valence-corrected chi connectivity index (χ4v) is 3.54. The standard InChI is InChI=1S/C23H23N5O2/c1-15-13-27(14-25-15)20-10-9-17(12-21(20)30-3)11-19-22(24)28(23(29)26-19)16(2)18-7-5-4-6-8-18/h4-14,16,24H,1-3H3,(H,26,29)/b19-11-,24-22?. The SMILES string of the molecule is COc1cc(/C=C2\NC(=O)N(C(C)c3ccccc3)C2=N)ccc1-n1cnc(C)c1. The van der Waals surface area contributed by atoms with Crippen molar-refractivity contribution in [2.24, 2.45) is 0 Å². The van der Waals surface area contributed by atoms with Crippen molar-refractivity contribution < 1.29 is 9.53 Å². The van der Waals surface area contributed by atoms with E-state index in [1.165, 1.54) is 4.90 Å². The molecule has 2 amide bonds. The Kier molecular flexibility index (Phi) is 5.10. The van der Waals surface area contributed by atoms with Crippen LogP contribution in [0.15, 0.2) is 66.8 Å². The Morgan fingerprint density at radius 3 is 2.63 bits per heavy atom. The molecule has 2 aromatic carbocycles.